The zero-order valence-electron chi connectivity index (χ0n) is 17.1. The number of nitrogens with zero attached hydrogens (tertiary/aromatic N) is 5. The number of carbonyl (C=O) groups excluding carboxylic acids is 2. The molecule has 1 fully saturated rings. The van der Waals surface area contributed by atoms with Gasteiger partial charge in [-0.15, -0.1) is 0 Å². The number of hydrogen-bond acceptors (Lipinski definition) is 4. The van der Waals surface area contributed by atoms with Crippen LogP contribution in [0.1, 0.15) is 39.8 Å². The van der Waals surface area contributed by atoms with E-state index in [0.29, 0.717) is 37.4 Å². The number of fused-ring (bicyclic) bond motifs is 1. The minimum absolute atomic E-state index is 0.0621. The first-order valence-corrected chi connectivity index (χ1v) is 10.2. The third-order valence-electron chi connectivity index (χ3n) is 5.36. The number of halogens is 1. The number of amides is 2. The first-order chi connectivity index (χ1) is 14.5. The molecule has 0 atom stereocenters. The fourth-order valence-corrected chi connectivity index (χ4v) is 3.81. The van der Waals surface area contributed by atoms with E-state index in [9.17, 15) is 14.0 Å². The molecule has 2 amide bonds. The molecule has 0 radical (unpaired) electrons. The molecule has 1 aliphatic rings. The van der Waals surface area contributed by atoms with E-state index in [1.807, 2.05) is 11.6 Å². The molecule has 0 N–H and O–H groups in total. The van der Waals surface area contributed by atoms with Crippen molar-refractivity contribution in [1.29, 1.82) is 0 Å². The number of carbonyl (C=O) groups is 2. The monoisotopic (exact) mass is 409 g/mol. The van der Waals surface area contributed by atoms with Crippen molar-refractivity contribution in [3.8, 4) is 0 Å². The molecule has 0 bridgehead atoms. The highest BCUT2D eigenvalue weighted by atomic mass is 19.1. The van der Waals surface area contributed by atoms with Gasteiger partial charge in [-0.25, -0.2) is 14.1 Å². The zero-order valence-corrected chi connectivity index (χ0v) is 17.1. The van der Waals surface area contributed by atoms with E-state index >= 15 is 0 Å². The SMILES string of the molecule is CCCn1ncc2c(C(=O)N3CCN(C(=O)c4ccccc4F)CC3)cc(C)nc21. The average Bonchev–Trinajstić information content (AvgIpc) is 3.15. The summed E-state index contributed by atoms with van der Waals surface area (Å²) in [5, 5.41) is 5.13. The summed E-state index contributed by atoms with van der Waals surface area (Å²) in [5.41, 5.74) is 2.12. The third kappa shape index (κ3) is 3.65. The predicted molar refractivity (Wildman–Crippen MR) is 111 cm³/mol. The molecule has 7 nitrogen and oxygen atoms in total. The molecule has 1 aromatic carbocycles. The molecule has 2 aromatic heterocycles. The van der Waals surface area contributed by atoms with Crippen molar-refractivity contribution < 1.29 is 14.0 Å². The van der Waals surface area contributed by atoms with Gasteiger partial charge in [0.1, 0.15) is 5.82 Å². The fourth-order valence-electron chi connectivity index (χ4n) is 3.81. The Balaban J connectivity index is 1.51. The largest absolute Gasteiger partial charge is 0.335 e. The number of aryl methyl sites for hydroxylation is 2. The molecule has 0 aliphatic carbocycles. The molecule has 1 saturated heterocycles. The second kappa shape index (κ2) is 8.22. The molecular weight excluding hydrogens is 385 g/mol. The van der Waals surface area contributed by atoms with Crippen molar-refractivity contribution in [2.75, 3.05) is 26.2 Å². The highest BCUT2D eigenvalue weighted by Crippen LogP contribution is 2.21. The van der Waals surface area contributed by atoms with Gasteiger partial charge in [0.25, 0.3) is 11.8 Å². The second-order valence-electron chi connectivity index (χ2n) is 7.48. The van der Waals surface area contributed by atoms with Crippen molar-refractivity contribution in [2.45, 2.75) is 26.8 Å². The third-order valence-corrected chi connectivity index (χ3v) is 5.36. The van der Waals surface area contributed by atoms with Crippen molar-refractivity contribution in [3.05, 3.63) is 59.2 Å². The lowest BCUT2D eigenvalue weighted by molar-refractivity contribution is 0.0534. The Hall–Kier alpha value is -3.29. The van der Waals surface area contributed by atoms with Crippen LogP contribution in [0.15, 0.2) is 36.5 Å². The highest BCUT2D eigenvalue weighted by Gasteiger charge is 2.28. The summed E-state index contributed by atoms with van der Waals surface area (Å²) in [4.78, 5) is 33.7. The van der Waals surface area contributed by atoms with E-state index in [1.54, 1.807) is 34.2 Å². The average molecular weight is 409 g/mol. The molecule has 3 aromatic rings. The van der Waals surface area contributed by atoms with Crippen LogP contribution in [0.3, 0.4) is 0 Å². The molecule has 8 heteroatoms. The summed E-state index contributed by atoms with van der Waals surface area (Å²) in [6.45, 7) is 6.19. The molecule has 30 heavy (non-hydrogen) atoms. The van der Waals surface area contributed by atoms with Gasteiger partial charge in [-0.2, -0.15) is 5.10 Å². The standard InChI is InChI=1S/C22H24FN5O2/c1-3-8-28-20-18(14-24-28)17(13-15(2)25-20)22(30)27-11-9-26(10-12-27)21(29)16-6-4-5-7-19(16)23/h4-7,13-14H,3,8-12H2,1-2H3. The predicted octanol–water partition coefficient (Wildman–Crippen LogP) is 2.89. The Morgan fingerprint density at radius 2 is 1.67 bits per heavy atom. The topological polar surface area (TPSA) is 71.3 Å². The molecule has 1 aliphatic heterocycles. The van der Waals surface area contributed by atoms with Gasteiger partial charge < -0.3 is 9.80 Å². The van der Waals surface area contributed by atoms with Gasteiger partial charge in [0, 0.05) is 38.4 Å². The second-order valence-corrected chi connectivity index (χ2v) is 7.48. The van der Waals surface area contributed by atoms with Crippen LogP contribution in [0.25, 0.3) is 11.0 Å². The maximum atomic E-state index is 13.9. The Kier molecular flexibility index (Phi) is 5.48. The van der Waals surface area contributed by atoms with Crippen molar-refractivity contribution in [3.63, 3.8) is 0 Å². The van der Waals surface area contributed by atoms with Crippen molar-refractivity contribution in [1.82, 2.24) is 24.6 Å². The summed E-state index contributed by atoms with van der Waals surface area (Å²) < 4.78 is 15.8. The van der Waals surface area contributed by atoms with Crippen molar-refractivity contribution in [2.24, 2.45) is 0 Å². The van der Waals surface area contributed by atoms with Crippen LogP contribution in [-0.4, -0.2) is 62.6 Å². The van der Waals surface area contributed by atoms with Gasteiger partial charge in [0.05, 0.1) is 22.7 Å². The zero-order chi connectivity index (χ0) is 21.3. The van der Waals surface area contributed by atoms with Crippen LogP contribution < -0.4 is 0 Å². The first-order valence-electron chi connectivity index (χ1n) is 10.2. The van der Waals surface area contributed by atoms with Crippen LogP contribution in [0, 0.1) is 12.7 Å². The molecule has 156 valence electrons. The van der Waals surface area contributed by atoms with E-state index in [0.717, 1.165) is 24.0 Å². The highest BCUT2D eigenvalue weighted by molar-refractivity contribution is 6.05. The lowest BCUT2D eigenvalue weighted by Crippen LogP contribution is -2.50. The molecule has 0 saturated carbocycles. The number of rotatable bonds is 4. The maximum absolute atomic E-state index is 13.9. The Bertz CT molecular complexity index is 1100. The lowest BCUT2D eigenvalue weighted by atomic mass is 10.1. The minimum atomic E-state index is -0.528. The van der Waals surface area contributed by atoms with Gasteiger partial charge in [0.2, 0.25) is 0 Å². The smallest absolute Gasteiger partial charge is 0.256 e. The number of hydrogen-bond donors (Lipinski definition) is 0. The van der Waals surface area contributed by atoms with Gasteiger partial charge in [-0.05, 0) is 31.5 Å². The number of pyridine rings is 1. The van der Waals surface area contributed by atoms with E-state index in [-0.39, 0.29) is 17.4 Å². The summed E-state index contributed by atoms with van der Waals surface area (Å²) >= 11 is 0. The number of benzene rings is 1. The van der Waals surface area contributed by atoms with Crippen molar-refractivity contribution >= 4 is 22.8 Å². The van der Waals surface area contributed by atoms with E-state index < -0.39 is 5.82 Å². The van der Waals surface area contributed by atoms with Crippen LogP contribution in [0.2, 0.25) is 0 Å². The molecule has 0 unspecified atom stereocenters. The first kappa shape index (κ1) is 20.0. The van der Waals surface area contributed by atoms with Gasteiger partial charge in [-0.1, -0.05) is 19.1 Å². The fraction of sp³-hybridized carbons (Fsp3) is 0.364. The Labute approximate surface area is 174 Å². The normalized spacial score (nSPS) is 14.4. The number of aromatic nitrogens is 3. The summed E-state index contributed by atoms with van der Waals surface area (Å²) in [7, 11) is 0. The molecule has 4 rings (SSSR count). The van der Waals surface area contributed by atoms with Crippen LogP contribution in [0.4, 0.5) is 4.39 Å². The van der Waals surface area contributed by atoms with Gasteiger partial charge in [-0.3, -0.25) is 9.59 Å². The Morgan fingerprint density at radius 3 is 2.30 bits per heavy atom. The summed E-state index contributed by atoms with van der Waals surface area (Å²) in [6.07, 6.45) is 2.62. The quantitative estimate of drug-likeness (QED) is 0.664. The summed E-state index contributed by atoms with van der Waals surface area (Å²) in [5.74, 6) is -0.970. The minimum Gasteiger partial charge on any atom is -0.335 e. The molecular formula is C22H24FN5O2. The van der Waals surface area contributed by atoms with Gasteiger partial charge >= 0.3 is 0 Å². The van der Waals surface area contributed by atoms with E-state index in [4.69, 9.17) is 0 Å². The van der Waals surface area contributed by atoms with Gasteiger partial charge in [0.15, 0.2) is 5.65 Å². The van der Waals surface area contributed by atoms with Crippen LogP contribution in [-0.2, 0) is 6.54 Å². The lowest BCUT2D eigenvalue weighted by Gasteiger charge is -2.35. The van der Waals surface area contributed by atoms with E-state index in [2.05, 4.69) is 17.0 Å². The van der Waals surface area contributed by atoms with E-state index in [1.165, 1.54) is 12.1 Å². The van der Waals surface area contributed by atoms with Crippen LogP contribution in [0.5, 0.6) is 0 Å². The summed E-state index contributed by atoms with van der Waals surface area (Å²) in [6, 6.07) is 7.76. The maximum Gasteiger partial charge on any atom is 0.256 e. The Morgan fingerprint density at radius 1 is 1.03 bits per heavy atom. The molecule has 0 spiro atoms. The molecule has 3 heterocycles. The van der Waals surface area contributed by atoms with Crippen LogP contribution >= 0.6 is 0 Å². The number of piperazine rings is 1.